The van der Waals surface area contributed by atoms with Gasteiger partial charge in [-0.2, -0.15) is 0 Å². The van der Waals surface area contributed by atoms with Crippen LogP contribution in [0.1, 0.15) is 168 Å². The van der Waals surface area contributed by atoms with E-state index in [0.717, 1.165) is 19.3 Å². The van der Waals surface area contributed by atoms with Crippen LogP contribution in [0.2, 0.25) is 0 Å². The molecule has 0 spiro atoms. The Morgan fingerprint density at radius 2 is 0.950 bits per heavy atom. The van der Waals surface area contributed by atoms with Gasteiger partial charge in [0.05, 0.1) is 19.4 Å². The molecule has 40 heavy (non-hydrogen) atoms. The van der Waals surface area contributed by atoms with Crippen molar-refractivity contribution in [3.05, 3.63) is 0 Å². The predicted molar refractivity (Wildman–Crippen MR) is 172 cm³/mol. The van der Waals surface area contributed by atoms with Crippen molar-refractivity contribution >= 4 is 7.60 Å². The Hall–Kier alpha value is 0.0300. The molecule has 1 unspecified atom stereocenters. The minimum Gasteiger partial charge on any atom is -0.379 e. The summed E-state index contributed by atoms with van der Waals surface area (Å²) in [6.45, 7) is 6.49. The molecule has 0 fully saturated rings. The number of rotatable bonds is 34. The largest absolute Gasteiger partial charge is 0.379 e. The third-order valence-corrected chi connectivity index (χ3v) is 9.05. The van der Waals surface area contributed by atoms with Crippen molar-refractivity contribution < 1.29 is 23.5 Å². The summed E-state index contributed by atoms with van der Waals surface area (Å²) in [5, 5.41) is 0. The Balaban J connectivity index is 3.87. The highest BCUT2D eigenvalue weighted by Gasteiger charge is 2.21. The maximum atomic E-state index is 12.1. The average Bonchev–Trinajstić information content (AvgIpc) is 2.93. The summed E-state index contributed by atoms with van der Waals surface area (Å²) in [6.07, 6.45) is 31.2. The summed E-state index contributed by atoms with van der Waals surface area (Å²) in [6, 6.07) is 0. The second-order valence-electron chi connectivity index (χ2n) is 11.8. The predicted octanol–water partition coefficient (Wildman–Crippen LogP) is 9.95. The van der Waals surface area contributed by atoms with Crippen molar-refractivity contribution in [3.63, 3.8) is 0 Å². The van der Waals surface area contributed by atoms with Crippen LogP contribution in [0.3, 0.4) is 0 Å². The van der Waals surface area contributed by atoms with E-state index in [-0.39, 0.29) is 25.4 Å². The molecule has 0 saturated heterocycles. The van der Waals surface area contributed by atoms with Crippen molar-refractivity contribution in [1.29, 1.82) is 0 Å². The number of hydrogen-bond acceptors (Lipinski definition) is 5. The van der Waals surface area contributed by atoms with E-state index < -0.39 is 7.60 Å². The van der Waals surface area contributed by atoms with Crippen molar-refractivity contribution in [2.75, 3.05) is 39.1 Å². The van der Waals surface area contributed by atoms with Gasteiger partial charge in [-0.25, -0.2) is 0 Å². The second kappa shape index (κ2) is 32.0. The van der Waals surface area contributed by atoms with Crippen molar-refractivity contribution in [1.82, 2.24) is 0 Å². The topological polar surface area (TPSA) is 91.0 Å². The summed E-state index contributed by atoms with van der Waals surface area (Å²) in [5.41, 5.74) is 5.44. The summed E-state index contributed by atoms with van der Waals surface area (Å²) < 4.78 is 29.2. The van der Waals surface area contributed by atoms with Gasteiger partial charge in [0.15, 0.2) is 0 Å². The highest BCUT2D eigenvalue weighted by molar-refractivity contribution is 7.52. The first-order valence-electron chi connectivity index (χ1n) is 17.4. The molecule has 3 N–H and O–H groups in total. The minimum atomic E-state index is -3.65. The monoisotopic (exact) mass is 591 g/mol. The number of ether oxygens (including phenoxy) is 2. The number of hydrogen-bond donors (Lipinski definition) is 2. The summed E-state index contributed by atoms with van der Waals surface area (Å²) in [7, 11) is -3.65. The van der Waals surface area contributed by atoms with E-state index in [2.05, 4.69) is 13.8 Å². The van der Waals surface area contributed by atoms with Crippen LogP contribution in [0.4, 0.5) is 0 Å². The first-order valence-corrected chi connectivity index (χ1v) is 19.2. The van der Waals surface area contributed by atoms with Crippen LogP contribution in [0.25, 0.3) is 0 Å². The molecular weight excluding hydrogens is 521 g/mol. The van der Waals surface area contributed by atoms with E-state index in [1.165, 1.54) is 135 Å². The van der Waals surface area contributed by atoms with Gasteiger partial charge in [-0.15, -0.1) is 0 Å². The molecule has 0 aliphatic rings. The minimum absolute atomic E-state index is 0.0296. The Labute approximate surface area is 249 Å². The second-order valence-corrected chi connectivity index (χ2v) is 13.8. The van der Waals surface area contributed by atoms with Gasteiger partial charge in [0.1, 0.15) is 6.10 Å². The molecule has 0 heterocycles. The molecule has 0 saturated carbocycles. The van der Waals surface area contributed by atoms with Gasteiger partial charge in [-0.3, -0.25) is 4.57 Å². The maximum absolute atomic E-state index is 12.1. The summed E-state index contributed by atoms with van der Waals surface area (Å²) in [4.78, 5) is 9.90. The van der Waals surface area contributed by atoms with Gasteiger partial charge in [-0.05, 0) is 12.8 Å². The molecule has 0 bridgehead atoms. The lowest BCUT2D eigenvalue weighted by Crippen LogP contribution is -2.26. The first kappa shape index (κ1) is 40.0. The fraction of sp³-hybridized carbons (Fsp3) is 1.00. The van der Waals surface area contributed by atoms with E-state index in [0.29, 0.717) is 19.8 Å². The molecule has 0 aromatic carbocycles. The molecule has 2 atom stereocenters. The summed E-state index contributed by atoms with van der Waals surface area (Å²) in [5.74, 6) is 0. The van der Waals surface area contributed by atoms with Crippen LogP contribution in [-0.2, 0) is 18.6 Å². The van der Waals surface area contributed by atoms with E-state index >= 15 is 0 Å². The zero-order valence-corrected chi connectivity index (χ0v) is 27.8. The molecular formula is C33H70NO5P. The van der Waals surface area contributed by atoms with Gasteiger partial charge in [0.25, 0.3) is 0 Å². The molecule has 0 aromatic rings. The van der Waals surface area contributed by atoms with Crippen LogP contribution in [-0.4, -0.2) is 50.1 Å². The lowest BCUT2D eigenvalue weighted by molar-refractivity contribution is -0.0403. The van der Waals surface area contributed by atoms with E-state index in [9.17, 15) is 9.46 Å². The molecule has 0 radical (unpaired) electrons. The molecule has 0 aliphatic carbocycles. The summed E-state index contributed by atoms with van der Waals surface area (Å²) >= 11 is 0. The van der Waals surface area contributed by atoms with Crippen LogP contribution < -0.4 is 5.73 Å². The zero-order valence-electron chi connectivity index (χ0n) is 26.9. The highest BCUT2D eigenvalue weighted by atomic mass is 31.2. The highest BCUT2D eigenvalue weighted by Crippen LogP contribution is 2.41. The SMILES string of the molecule is CCCCCCCCCCCCCCOC[C@H](COP(=O)(O)CCN)OCCCCCCCCCCCCCC. The van der Waals surface area contributed by atoms with Crippen molar-refractivity contribution in [2.45, 2.75) is 174 Å². The lowest BCUT2D eigenvalue weighted by Gasteiger charge is -2.20. The standard InChI is InChI=1S/C33H70NO5P/c1-3-5-7-9-11-13-15-17-19-21-23-25-28-37-31-33(32-39-40(35,36)30-27-34)38-29-26-24-22-20-18-16-14-12-10-8-6-4-2/h33H,3-32,34H2,1-2H3,(H,35,36)/t33-/m1/s1. The number of unbranched alkanes of at least 4 members (excludes halogenated alkanes) is 22. The van der Waals surface area contributed by atoms with E-state index in [1.54, 1.807) is 0 Å². The Bertz CT molecular complexity index is 537. The van der Waals surface area contributed by atoms with Gasteiger partial charge in [0.2, 0.25) is 0 Å². The Morgan fingerprint density at radius 1 is 0.575 bits per heavy atom. The van der Waals surface area contributed by atoms with Gasteiger partial charge >= 0.3 is 7.60 Å². The van der Waals surface area contributed by atoms with E-state index in [4.69, 9.17) is 19.7 Å². The maximum Gasteiger partial charge on any atom is 0.329 e. The third kappa shape index (κ3) is 31.0. The van der Waals surface area contributed by atoms with Crippen LogP contribution >= 0.6 is 7.60 Å². The van der Waals surface area contributed by atoms with Gasteiger partial charge < -0.3 is 24.6 Å². The Kier molecular flexibility index (Phi) is 32.0. The fourth-order valence-corrected chi connectivity index (χ4v) is 5.88. The van der Waals surface area contributed by atoms with Crippen molar-refractivity contribution in [3.8, 4) is 0 Å². The van der Waals surface area contributed by atoms with Crippen molar-refractivity contribution in [2.24, 2.45) is 5.73 Å². The zero-order chi connectivity index (χ0) is 29.4. The fourth-order valence-electron chi connectivity index (χ4n) is 5.02. The lowest BCUT2D eigenvalue weighted by atomic mass is 10.1. The molecule has 7 heteroatoms. The van der Waals surface area contributed by atoms with Crippen LogP contribution in [0.5, 0.6) is 0 Å². The van der Waals surface area contributed by atoms with Crippen LogP contribution in [0, 0.1) is 0 Å². The normalized spacial score (nSPS) is 14.0. The first-order chi connectivity index (χ1) is 19.6. The smallest absolute Gasteiger partial charge is 0.329 e. The van der Waals surface area contributed by atoms with E-state index in [1.807, 2.05) is 0 Å². The molecule has 0 rings (SSSR count). The third-order valence-electron chi connectivity index (χ3n) is 7.67. The molecule has 6 nitrogen and oxygen atoms in total. The average molecular weight is 592 g/mol. The quantitative estimate of drug-likeness (QED) is 0.0571. The molecule has 0 aliphatic heterocycles. The molecule has 0 aromatic heterocycles. The van der Waals surface area contributed by atoms with Gasteiger partial charge in [0, 0.05) is 19.8 Å². The van der Waals surface area contributed by atoms with Gasteiger partial charge in [-0.1, -0.05) is 155 Å². The van der Waals surface area contributed by atoms with Crippen LogP contribution in [0.15, 0.2) is 0 Å². The number of nitrogens with two attached hydrogens (primary N) is 1. The Morgan fingerprint density at radius 3 is 1.35 bits per heavy atom. The molecule has 242 valence electrons. The molecule has 0 amide bonds.